The van der Waals surface area contributed by atoms with Gasteiger partial charge >= 0.3 is 0 Å². The lowest BCUT2D eigenvalue weighted by molar-refractivity contribution is -0.137. The van der Waals surface area contributed by atoms with Gasteiger partial charge in [-0.2, -0.15) is 0 Å². The van der Waals surface area contributed by atoms with E-state index in [4.69, 9.17) is 0 Å². The molecule has 2 rings (SSSR count). The summed E-state index contributed by atoms with van der Waals surface area (Å²) in [6.07, 6.45) is 4.39. The molecule has 0 bridgehead atoms. The molecular formula is C15H21NO. The lowest BCUT2D eigenvalue weighted by Gasteiger charge is -2.31. The van der Waals surface area contributed by atoms with E-state index in [9.17, 15) is 4.79 Å². The minimum absolute atomic E-state index is 0.325. The van der Waals surface area contributed by atoms with Crippen molar-refractivity contribution >= 4 is 5.91 Å². The summed E-state index contributed by atoms with van der Waals surface area (Å²) in [5.74, 6) is 0.695. The molecule has 1 aromatic rings. The van der Waals surface area contributed by atoms with Crippen LogP contribution in [0.3, 0.4) is 0 Å². The Labute approximate surface area is 104 Å². The number of hydrogen-bond acceptors (Lipinski definition) is 1. The largest absolute Gasteiger partial charge is 0.342 e. The van der Waals surface area contributed by atoms with Gasteiger partial charge in [-0.25, -0.2) is 0 Å². The van der Waals surface area contributed by atoms with E-state index in [2.05, 4.69) is 31.2 Å². The second kappa shape index (κ2) is 5.85. The lowest BCUT2D eigenvalue weighted by atomic mass is 9.84. The lowest BCUT2D eigenvalue weighted by Crippen LogP contribution is -2.39. The zero-order chi connectivity index (χ0) is 12.1. The van der Waals surface area contributed by atoms with E-state index in [1.807, 2.05) is 11.0 Å². The fourth-order valence-corrected chi connectivity index (χ4v) is 2.25. The van der Waals surface area contributed by atoms with Gasteiger partial charge < -0.3 is 4.90 Å². The summed E-state index contributed by atoms with van der Waals surface area (Å²) in [5.41, 5.74) is 1.31. The number of hydrogen-bond donors (Lipinski definition) is 0. The molecule has 0 aromatic heterocycles. The molecule has 0 radical (unpaired) electrons. The monoisotopic (exact) mass is 231 g/mol. The predicted octanol–water partition coefficient (Wildman–Crippen LogP) is 2.88. The van der Waals surface area contributed by atoms with Crippen LogP contribution >= 0.6 is 0 Å². The number of nitrogens with zero attached hydrogens (tertiary/aromatic N) is 1. The summed E-state index contributed by atoms with van der Waals surface area (Å²) in [5, 5.41) is 0. The van der Waals surface area contributed by atoms with Crippen LogP contribution in [0, 0.1) is 5.92 Å². The maximum absolute atomic E-state index is 12.1. The Kier molecular flexibility index (Phi) is 4.18. The van der Waals surface area contributed by atoms with E-state index in [0.717, 1.165) is 32.4 Å². The highest BCUT2D eigenvalue weighted by Gasteiger charge is 2.28. The minimum atomic E-state index is 0.325. The molecule has 1 aliphatic rings. The van der Waals surface area contributed by atoms with E-state index >= 15 is 0 Å². The molecule has 1 amide bonds. The average molecular weight is 231 g/mol. The number of benzene rings is 1. The van der Waals surface area contributed by atoms with E-state index in [1.165, 1.54) is 12.0 Å². The van der Waals surface area contributed by atoms with Crippen molar-refractivity contribution in [1.29, 1.82) is 0 Å². The number of likely N-dealkylation sites (N-methyl/N-ethyl adjacent to an activating group) is 1. The molecule has 0 aliphatic heterocycles. The van der Waals surface area contributed by atoms with Gasteiger partial charge in [-0.05, 0) is 31.7 Å². The van der Waals surface area contributed by atoms with Crippen molar-refractivity contribution in [3.63, 3.8) is 0 Å². The van der Waals surface area contributed by atoms with Crippen molar-refractivity contribution in [2.24, 2.45) is 5.92 Å². The average Bonchev–Trinajstić information content (AvgIpc) is 2.29. The Morgan fingerprint density at radius 1 is 1.29 bits per heavy atom. The molecule has 0 spiro atoms. The van der Waals surface area contributed by atoms with Crippen LogP contribution in [0.1, 0.15) is 31.7 Å². The molecule has 1 saturated carbocycles. The first-order valence-corrected chi connectivity index (χ1v) is 6.64. The van der Waals surface area contributed by atoms with E-state index in [1.54, 1.807) is 0 Å². The third-order valence-electron chi connectivity index (χ3n) is 3.66. The molecule has 1 aromatic carbocycles. The van der Waals surface area contributed by atoms with Crippen LogP contribution in [0.15, 0.2) is 30.3 Å². The quantitative estimate of drug-likeness (QED) is 0.763. The highest BCUT2D eigenvalue weighted by atomic mass is 16.2. The first-order valence-electron chi connectivity index (χ1n) is 6.64. The number of carbonyl (C=O) groups is 1. The van der Waals surface area contributed by atoms with E-state index in [-0.39, 0.29) is 0 Å². The summed E-state index contributed by atoms with van der Waals surface area (Å²) < 4.78 is 0. The second-order valence-corrected chi connectivity index (χ2v) is 4.78. The molecule has 0 unspecified atom stereocenters. The minimum Gasteiger partial charge on any atom is -0.342 e. The van der Waals surface area contributed by atoms with Crippen LogP contribution in [0.25, 0.3) is 0 Å². The van der Waals surface area contributed by atoms with Crippen molar-refractivity contribution in [2.45, 2.75) is 32.6 Å². The van der Waals surface area contributed by atoms with Crippen LogP contribution < -0.4 is 0 Å². The molecule has 0 N–H and O–H groups in total. The maximum atomic E-state index is 12.1. The van der Waals surface area contributed by atoms with Crippen molar-refractivity contribution in [2.75, 3.05) is 13.1 Å². The fourth-order valence-electron chi connectivity index (χ4n) is 2.25. The summed E-state index contributed by atoms with van der Waals surface area (Å²) in [6, 6.07) is 10.4. The molecule has 17 heavy (non-hydrogen) atoms. The van der Waals surface area contributed by atoms with E-state index in [0.29, 0.717) is 11.8 Å². The van der Waals surface area contributed by atoms with Gasteiger partial charge in [0, 0.05) is 19.0 Å². The Morgan fingerprint density at radius 3 is 2.53 bits per heavy atom. The first-order chi connectivity index (χ1) is 8.31. The van der Waals surface area contributed by atoms with Crippen LogP contribution in [0.2, 0.25) is 0 Å². The van der Waals surface area contributed by atoms with Crippen LogP contribution in [0.4, 0.5) is 0 Å². The first kappa shape index (κ1) is 12.2. The van der Waals surface area contributed by atoms with Gasteiger partial charge in [0.05, 0.1) is 0 Å². The molecule has 0 saturated heterocycles. The van der Waals surface area contributed by atoms with Crippen molar-refractivity contribution in [3.05, 3.63) is 35.9 Å². The van der Waals surface area contributed by atoms with Crippen molar-refractivity contribution in [1.82, 2.24) is 4.90 Å². The standard InChI is InChI=1S/C15H21NO/c1-2-16(15(17)14-9-6-10-14)12-11-13-7-4-3-5-8-13/h3-5,7-8,14H,2,6,9-12H2,1H3. The summed E-state index contributed by atoms with van der Waals surface area (Å²) in [6.45, 7) is 3.76. The fraction of sp³-hybridized carbons (Fsp3) is 0.533. The zero-order valence-electron chi connectivity index (χ0n) is 10.6. The zero-order valence-corrected chi connectivity index (χ0v) is 10.6. The van der Waals surface area contributed by atoms with Gasteiger partial charge in [-0.3, -0.25) is 4.79 Å². The van der Waals surface area contributed by atoms with Gasteiger partial charge in [0.25, 0.3) is 0 Å². The topological polar surface area (TPSA) is 20.3 Å². The maximum Gasteiger partial charge on any atom is 0.225 e. The summed E-state index contributed by atoms with van der Waals surface area (Å²) >= 11 is 0. The van der Waals surface area contributed by atoms with Gasteiger partial charge in [0.15, 0.2) is 0 Å². The summed E-state index contributed by atoms with van der Waals surface area (Å²) in [7, 11) is 0. The summed E-state index contributed by atoms with van der Waals surface area (Å²) in [4.78, 5) is 14.1. The predicted molar refractivity (Wildman–Crippen MR) is 69.7 cm³/mol. The van der Waals surface area contributed by atoms with Crippen LogP contribution in [0.5, 0.6) is 0 Å². The molecule has 2 heteroatoms. The van der Waals surface area contributed by atoms with Crippen molar-refractivity contribution in [3.8, 4) is 0 Å². The molecule has 2 nitrogen and oxygen atoms in total. The third kappa shape index (κ3) is 3.09. The van der Waals surface area contributed by atoms with Crippen LogP contribution in [-0.2, 0) is 11.2 Å². The molecule has 1 fully saturated rings. The molecule has 1 aliphatic carbocycles. The van der Waals surface area contributed by atoms with Crippen LogP contribution in [-0.4, -0.2) is 23.9 Å². The highest BCUT2D eigenvalue weighted by molar-refractivity contribution is 5.79. The Balaban J connectivity index is 1.85. The Bertz CT molecular complexity index is 356. The SMILES string of the molecule is CCN(CCc1ccccc1)C(=O)C1CCC1. The normalized spacial score (nSPS) is 15.4. The van der Waals surface area contributed by atoms with E-state index < -0.39 is 0 Å². The molecule has 0 heterocycles. The Morgan fingerprint density at radius 2 is 2.00 bits per heavy atom. The second-order valence-electron chi connectivity index (χ2n) is 4.78. The molecular weight excluding hydrogens is 210 g/mol. The van der Waals surface area contributed by atoms with Gasteiger partial charge in [-0.15, -0.1) is 0 Å². The number of carbonyl (C=O) groups excluding carboxylic acids is 1. The van der Waals surface area contributed by atoms with Gasteiger partial charge in [0.2, 0.25) is 5.91 Å². The van der Waals surface area contributed by atoms with Gasteiger partial charge in [-0.1, -0.05) is 36.8 Å². The molecule has 0 atom stereocenters. The molecule has 92 valence electrons. The van der Waals surface area contributed by atoms with Crippen molar-refractivity contribution < 1.29 is 4.79 Å². The smallest absolute Gasteiger partial charge is 0.225 e. The van der Waals surface area contributed by atoms with Gasteiger partial charge in [0.1, 0.15) is 0 Å². The number of rotatable bonds is 5. The number of amides is 1. The highest BCUT2D eigenvalue weighted by Crippen LogP contribution is 2.28. The third-order valence-corrected chi connectivity index (χ3v) is 3.66. The Hall–Kier alpha value is -1.31.